The third kappa shape index (κ3) is 14.9. The van der Waals surface area contributed by atoms with E-state index in [0.717, 1.165) is 50.9 Å². The molecule has 1 aliphatic carbocycles. The molecule has 0 aromatic heterocycles. The number of rotatable bonds is 19. The molecule has 0 aromatic carbocycles. The highest BCUT2D eigenvalue weighted by Crippen LogP contribution is 2.31. The van der Waals surface area contributed by atoms with Crippen LogP contribution in [0.25, 0.3) is 0 Å². The molecule has 0 aromatic rings. The molecule has 0 aliphatic heterocycles. The number of carbonyl (C=O) groups is 2. The zero-order valence-electron chi connectivity index (χ0n) is 21.5. The normalized spacial score (nSPS) is 18.6. The SMILES string of the molecule is CCCCCCCCCOC(=O)C1CCCC(C(=O)OCCCCCCCCC(C)C)C1. The fraction of sp³-hybridized carbons (Fsp3) is 0.929. The quantitative estimate of drug-likeness (QED) is 0.147. The number of hydrogen-bond acceptors (Lipinski definition) is 4. The van der Waals surface area contributed by atoms with Crippen LogP contribution >= 0.6 is 0 Å². The lowest BCUT2D eigenvalue weighted by molar-refractivity contribution is -0.155. The Morgan fingerprint density at radius 1 is 0.688 bits per heavy atom. The Hall–Kier alpha value is -1.06. The second-order valence-electron chi connectivity index (χ2n) is 10.3. The minimum atomic E-state index is -0.129. The molecule has 0 N–H and O–H groups in total. The fourth-order valence-corrected chi connectivity index (χ4v) is 4.62. The molecule has 4 nitrogen and oxygen atoms in total. The van der Waals surface area contributed by atoms with Crippen LogP contribution in [0.15, 0.2) is 0 Å². The van der Waals surface area contributed by atoms with Crippen molar-refractivity contribution in [3.63, 3.8) is 0 Å². The lowest BCUT2D eigenvalue weighted by Crippen LogP contribution is -2.30. The van der Waals surface area contributed by atoms with E-state index < -0.39 is 0 Å². The Morgan fingerprint density at radius 3 is 1.59 bits per heavy atom. The molecule has 0 radical (unpaired) electrons. The van der Waals surface area contributed by atoms with Crippen molar-refractivity contribution in [3.05, 3.63) is 0 Å². The van der Waals surface area contributed by atoms with Crippen molar-refractivity contribution in [2.75, 3.05) is 13.2 Å². The smallest absolute Gasteiger partial charge is 0.308 e. The Balaban J connectivity index is 2.06. The van der Waals surface area contributed by atoms with Crippen LogP contribution in [0.1, 0.15) is 136 Å². The zero-order chi connectivity index (χ0) is 23.4. The highest BCUT2D eigenvalue weighted by Gasteiger charge is 2.32. The topological polar surface area (TPSA) is 52.6 Å². The molecule has 2 unspecified atom stereocenters. The van der Waals surface area contributed by atoms with Gasteiger partial charge in [-0.25, -0.2) is 0 Å². The van der Waals surface area contributed by atoms with Crippen LogP contribution < -0.4 is 0 Å². The molecule has 2 atom stereocenters. The number of carbonyl (C=O) groups excluding carboxylic acids is 2. The van der Waals surface area contributed by atoms with E-state index in [-0.39, 0.29) is 23.8 Å². The molecule has 1 aliphatic rings. The van der Waals surface area contributed by atoms with Crippen LogP contribution in [0.2, 0.25) is 0 Å². The lowest BCUT2D eigenvalue weighted by Gasteiger charge is -2.26. The molecule has 32 heavy (non-hydrogen) atoms. The molecule has 1 saturated carbocycles. The Morgan fingerprint density at radius 2 is 1.12 bits per heavy atom. The van der Waals surface area contributed by atoms with Crippen molar-refractivity contribution in [2.24, 2.45) is 17.8 Å². The largest absolute Gasteiger partial charge is 0.465 e. The summed E-state index contributed by atoms with van der Waals surface area (Å²) in [6.45, 7) is 7.84. The van der Waals surface area contributed by atoms with E-state index in [0.29, 0.717) is 19.6 Å². The van der Waals surface area contributed by atoms with Gasteiger partial charge in [-0.15, -0.1) is 0 Å². The monoisotopic (exact) mass is 452 g/mol. The van der Waals surface area contributed by atoms with E-state index in [1.807, 2.05) is 0 Å². The van der Waals surface area contributed by atoms with Gasteiger partial charge in [-0.05, 0) is 38.0 Å². The molecular weight excluding hydrogens is 400 g/mol. The first-order valence-corrected chi connectivity index (χ1v) is 13.9. The summed E-state index contributed by atoms with van der Waals surface area (Å²) in [7, 11) is 0. The zero-order valence-corrected chi connectivity index (χ0v) is 21.5. The lowest BCUT2D eigenvalue weighted by atomic mass is 9.81. The molecule has 1 fully saturated rings. The molecule has 0 spiro atoms. The number of ether oxygens (including phenoxy) is 2. The summed E-state index contributed by atoms with van der Waals surface area (Å²) in [5, 5.41) is 0. The van der Waals surface area contributed by atoms with Crippen LogP contribution in [0.5, 0.6) is 0 Å². The summed E-state index contributed by atoms with van der Waals surface area (Å²) >= 11 is 0. The highest BCUT2D eigenvalue weighted by atomic mass is 16.5. The van der Waals surface area contributed by atoms with Gasteiger partial charge in [0.1, 0.15) is 0 Å². The van der Waals surface area contributed by atoms with Crippen molar-refractivity contribution >= 4 is 11.9 Å². The summed E-state index contributed by atoms with van der Waals surface area (Å²) in [4.78, 5) is 24.8. The van der Waals surface area contributed by atoms with Crippen molar-refractivity contribution in [2.45, 2.75) is 136 Å². The predicted octanol–water partition coefficient (Wildman–Crippen LogP) is 8.02. The van der Waals surface area contributed by atoms with E-state index in [1.54, 1.807) is 0 Å². The van der Waals surface area contributed by atoms with Gasteiger partial charge in [-0.1, -0.05) is 104 Å². The Bertz CT molecular complexity index is 474. The van der Waals surface area contributed by atoms with Crippen molar-refractivity contribution in [3.8, 4) is 0 Å². The summed E-state index contributed by atoms with van der Waals surface area (Å²) in [6, 6.07) is 0. The highest BCUT2D eigenvalue weighted by molar-refractivity contribution is 5.76. The molecular formula is C28H52O4. The molecule has 0 amide bonds. The maximum atomic E-state index is 12.4. The van der Waals surface area contributed by atoms with Gasteiger partial charge >= 0.3 is 11.9 Å². The van der Waals surface area contributed by atoms with E-state index in [1.165, 1.54) is 64.2 Å². The summed E-state index contributed by atoms with van der Waals surface area (Å²) in [5.41, 5.74) is 0. The summed E-state index contributed by atoms with van der Waals surface area (Å²) < 4.78 is 11.0. The minimum Gasteiger partial charge on any atom is -0.465 e. The summed E-state index contributed by atoms with van der Waals surface area (Å²) in [5.74, 6) is 0.339. The van der Waals surface area contributed by atoms with Gasteiger partial charge in [0.25, 0.3) is 0 Å². The first-order valence-electron chi connectivity index (χ1n) is 13.9. The van der Waals surface area contributed by atoms with Gasteiger partial charge in [-0.2, -0.15) is 0 Å². The Labute approximate surface area is 198 Å². The standard InChI is InChI=1S/C28H52O4/c1-4-5-6-7-9-12-15-21-31-27(29)25-19-17-20-26(23-25)28(30)32-22-16-13-10-8-11-14-18-24(2)3/h24-26H,4-23H2,1-3H3. The summed E-state index contributed by atoms with van der Waals surface area (Å²) in [6.07, 6.45) is 20.3. The third-order valence-corrected chi connectivity index (χ3v) is 6.75. The average Bonchev–Trinajstić information content (AvgIpc) is 2.79. The average molecular weight is 453 g/mol. The van der Waals surface area contributed by atoms with Gasteiger partial charge in [0.05, 0.1) is 25.0 Å². The molecule has 0 saturated heterocycles. The van der Waals surface area contributed by atoms with E-state index in [2.05, 4.69) is 20.8 Å². The number of hydrogen-bond donors (Lipinski definition) is 0. The van der Waals surface area contributed by atoms with Crippen molar-refractivity contribution < 1.29 is 19.1 Å². The fourth-order valence-electron chi connectivity index (χ4n) is 4.62. The van der Waals surface area contributed by atoms with Crippen molar-refractivity contribution in [1.82, 2.24) is 0 Å². The van der Waals surface area contributed by atoms with Gasteiger partial charge < -0.3 is 9.47 Å². The van der Waals surface area contributed by atoms with Crippen LogP contribution in [-0.2, 0) is 19.1 Å². The predicted molar refractivity (Wildman–Crippen MR) is 133 cm³/mol. The molecule has 188 valence electrons. The van der Waals surface area contributed by atoms with Gasteiger partial charge in [-0.3, -0.25) is 9.59 Å². The minimum absolute atomic E-state index is 0.105. The molecule has 1 rings (SSSR count). The van der Waals surface area contributed by atoms with Gasteiger partial charge in [0, 0.05) is 0 Å². The van der Waals surface area contributed by atoms with E-state index in [9.17, 15) is 9.59 Å². The maximum absolute atomic E-state index is 12.4. The Kier molecular flexibility index (Phi) is 17.6. The molecule has 0 heterocycles. The van der Waals surface area contributed by atoms with Crippen LogP contribution in [-0.4, -0.2) is 25.2 Å². The first kappa shape index (κ1) is 29.0. The van der Waals surface area contributed by atoms with Gasteiger partial charge in [0.2, 0.25) is 0 Å². The molecule has 4 heteroatoms. The van der Waals surface area contributed by atoms with Crippen LogP contribution in [0, 0.1) is 17.8 Å². The van der Waals surface area contributed by atoms with Crippen LogP contribution in [0.4, 0.5) is 0 Å². The van der Waals surface area contributed by atoms with Crippen LogP contribution in [0.3, 0.4) is 0 Å². The second kappa shape index (κ2) is 19.4. The second-order valence-corrected chi connectivity index (χ2v) is 10.3. The number of esters is 2. The van der Waals surface area contributed by atoms with E-state index >= 15 is 0 Å². The van der Waals surface area contributed by atoms with Gasteiger partial charge in [0.15, 0.2) is 0 Å². The molecule has 0 bridgehead atoms. The number of unbranched alkanes of at least 4 members (excludes halogenated alkanes) is 11. The first-order chi connectivity index (χ1) is 15.5. The van der Waals surface area contributed by atoms with E-state index in [4.69, 9.17) is 9.47 Å². The third-order valence-electron chi connectivity index (χ3n) is 6.75. The maximum Gasteiger partial charge on any atom is 0.308 e. The van der Waals surface area contributed by atoms with Crippen molar-refractivity contribution in [1.29, 1.82) is 0 Å².